The van der Waals surface area contributed by atoms with Gasteiger partial charge in [0.25, 0.3) is 5.91 Å². The fourth-order valence-corrected chi connectivity index (χ4v) is 4.17. The summed E-state index contributed by atoms with van der Waals surface area (Å²) in [5.74, 6) is 0.382. The maximum Gasteiger partial charge on any atom is 0.294 e. The highest BCUT2D eigenvalue weighted by Crippen LogP contribution is 2.35. The van der Waals surface area contributed by atoms with Crippen LogP contribution in [0.1, 0.15) is 49.7 Å². The lowest BCUT2D eigenvalue weighted by atomic mass is 10.1. The average Bonchev–Trinajstić information content (AvgIpc) is 3.00. The third-order valence-corrected chi connectivity index (χ3v) is 5.69. The molecule has 4 rings (SSSR count). The van der Waals surface area contributed by atoms with Crippen LogP contribution in [0, 0.1) is 6.92 Å². The van der Waals surface area contributed by atoms with E-state index in [1.807, 2.05) is 55.5 Å². The van der Waals surface area contributed by atoms with Gasteiger partial charge in [-0.1, -0.05) is 67.6 Å². The summed E-state index contributed by atoms with van der Waals surface area (Å²) >= 11 is 0. The first-order valence-electron chi connectivity index (χ1n) is 10.8. The standard InChI is InChI=1S/C25H28N2O3/c1-18-9-8-10-19(15-18)16-23-25(29)27(21-13-6-7-14-22(21)30-23)17-24(28)26-20-11-4-2-3-5-12-20/h6-10,13-16,20H,2-5,11-12,17H2,1H3,(H,26,28). The van der Waals surface area contributed by atoms with Crippen molar-refractivity contribution in [2.45, 2.75) is 51.5 Å². The van der Waals surface area contributed by atoms with Crippen molar-refractivity contribution in [3.05, 3.63) is 65.4 Å². The van der Waals surface area contributed by atoms with E-state index in [1.54, 1.807) is 6.08 Å². The SMILES string of the molecule is Cc1cccc(C=C2Oc3ccccc3N(CC(=O)NC3CCCCCC3)C2=O)c1. The molecule has 0 bridgehead atoms. The summed E-state index contributed by atoms with van der Waals surface area (Å²) in [6.07, 6.45) is 8.52. The minimum Gasteiger partial charge on any atom is -0.449 e. The molecule has 1 saturated carbocycles. The Morgan fingerprint density at radius 1 is 1.10 bits per heavy atom. The Morgan fingerprint density at radius 2 is 1.87 bits per heavy atom. The maximum absolute atomic E-state index is 13.2. The number of carbonyl (C=O) groups is 2. The lowest BCUT2D eigenvalue weighted by Crippen LogP contribution is -2.46. The lowest BCUT2D eigenvalue weighted by Gasteiger charge is -2.30. The van der Waals surface area contributed by atoms with Crippen LogP contribution < -0.4 is 15.0 Å². The van der Waals surface area contributed by atoms with Gasteiger partial charge in [0.15, 0.2) is 11.5 Å². The molecule has 2 amide bonds. The molecular weight excluding hydrogens is 376 g/mol. The summed E-state index contributed by atoms with van der Waals surface area (Å²) in [6, 6.07) is 15.4. The molecule has 2 aliphatic rings. The summed E-state index contributed by atoms with van der Waals surface area (Å²) in [6.45, 7) is 1.99. The van der Waals surface area contributed by atoms with Gasteiger partial charge in [-0.3, -0.25) is 14.5 Å². The molecule has 1 aliphatic heterocycles. The van der Waals surface area contributed by atoms with Crippen LogP contribution in [-0.2, 0) is 9.59 Å². The second kappa shape index (κ2) is 9.16. The van der Waals surface area contributed by atoms with Gasteiger partial charge in [-0.2, -0.15) is 0 Å². The smallest absolute Gasteiger partial charge is 0.294 e. The molecule has 1 aliphatic carbocycles. The normalized spacial score (nSPS) is 18.5. The number of nitrogens with one attached hydrogen (secondary N) is 1. The Balaban J connectivity index is 1.56. The zero-order chi connectivity index (χ0) is 20.9. The van der Waals surface area contributed by atoms with Crippen molar-refractivity contribution in [1.29, 1.82) is 0 Å². The zero-order valence-electron chi connectivity index (χ0n) is 17.4. The Labute approximate surface area is 177 Å². The number of para-hydroxylation sites is 2. The van der Waals surface area contributed by atoms with Gasteiger partial charge in [0.1, 0.15) is 6.54 Å². The molecule has 1 N–H and O–H groups in total. The predicted molar refractivity (Wildman–Crippen MR) is 118 cm³/mol. The Hall–Kier alpha value is -3.08. The fourth-order valence-electron chi connectivity index (χ4n) is 4.17. The van der Waals surface area contributed by atoms with Gasteiger partial charge in [0, 0.05) is 6.04 Å². The molecule has 0 aromatic heterocycles. The Kier molecular flexibility index (Phi) is 6.17. The van der Waals surface area contributed by atoms with Gasteiger partial charge in [0.05, 0.1) is 5.69 Å². The number of carbonyl (C=O) groups excluding carboxylic acids is 2. The minimum atomic E-state index is -0.300. The zero-order valence-corrected chi connectivity index (χ0v) is 17.4. The van der Waals surface area contributed by atoms with Gasteiger partial charge in [-0.15, -0.1) is 0 Å². The number of aryl methyl sites for hydroxylation is 1. The lowest BCUT2D eigenvalue weighted by molar-refractivity contribution is -0.124. The fraction of sp³-hybridized carbons (Fsp3) is 0.360. The topological polar surface area (TPSA) is 58.6 Å². The van der Waals surface area contributed by atoms with Gasteiger partial charge in [-0.05, 0) is 43.5 Å². The van der Waals surface area contributed by atoms with Crippen LogP contribution in [0.4, 0.5) is 5.69 Å². The largest absolute Gasteiger partial charge is 0.449 e. The second-order valence-electron chi connectivity index (χ2n) is 8.14. The molecule has 2 aromatic carbocycles. The van der Waals surface area contributed by atoms with E-state index < -0.39 is 0 Å². The van der Waals surface area contributed by atoms with E-state index in [-0.39, 0.29) is 30.2 Å². The van der Waals surface area contributed by atoms with E-state index in [0.717, 1.165) is 36.8 Å². The highest BCUT2D eigenvalue weighted by molar-refractivity contribution is 6.12. The minimum absolute atomic E-state index is 0.0130. The van der Waals surface area contributed by atoms with E-state index in [9.17, 15) is 9.59 Å². The van der Waals surface area contributed by atoms with Gasteiger partial charge in [0.2, 0.25) is 5.91 Å². The van der Waals surface area contributed by atoms with Gasteiger partial charge in [-0.25, -0.2) is 0 Å². The van der Waals surface area contributed by atoms with E-state index in [2.05, 4.69) is 5.32 Å². The maximum atomic E-state index is 13.2. The molecule has 30 heavy (non-hydrogen) atoms. The molecule has 5 nitrogen and oxygen atoms in total. The van der Waals surface area contributed by atoms with Gasteiger partial charge >= 0.3 is 0 Å². The van der Waals surface area contributed by atoms with Crippen molar-refractivity contribution in [3.63, 3.8) is 0 Å². The van der Waals surface area contributed by atoms with Crippen LogP contribution >= 0.6 is 0 Å². The van der Waals surface area contributed by atoms with Crippen molar-refractivity contribution in [2.75, 3.05) is 11.4 Å². The number of rotatable bonds is 4. The van der Waals surface area contributed by atoms with Crippen LogP contribution in [-0.4, -0.2) is 24.4 Å². The molecule has 156 valence electrons. The van der Waals surface area contributed by atoms with E-state index in [4.69, 9.17) is 4.74 Å². The van der Waals surface area contributed by atoms with Crippen LogP contribution in [0.5, 0.6) is 5.75 Å². The van der Waals surface area contributed by atoms with E-state index >= 15 is 0 Å². The van der Waals surface area contributed by atoms with E-state index in [1.165, 1.54) is 17.7 Å². The highest BCUT2D eigenvalue weighted by atomic mass is 16.5. The number of ether oxygens (including phenoxy) is 1. The number of fused-ring (bicyclic) bond motifs is 1. The highest BCUT2D eigenvalue weighted by Gasteiger charge is 2.32. The second-order valence-corrected chi connectivity index (χ2v) is 8.14. The Bertz CT molecular complexity index is 958. The number of benzene rings is 2. The van der Waals surface area contributed by atoms with Crippen molar-refractivity contribution >= 4 is 23.6 Å². The Morgan fingerprint density at radius 3 is 2.63 bits per heavy atom. The first-order valence-corrected chi connectivity index (χ1v) is 10.8. The molecular formula is C25H28N2O3. The summed E-state index contributed by atoms with van der Waals surface area (Å²) < 4.78 is 5.90. The number of nitrogens with zero attached hydrogens (tertiary/aromatic N) is 1. The number of amides is 2. The molecule has 2 aromatic rings. The molecule has 1 heterocycles. The van der Waals surface area contributed by atoms with Crippen LogP contribution in [0.2, 0.25) is 0 Å². The molecule has 0 unspecified atom stereocenters. The molecule has 0 saturated heterocycles. The van der Waals surface area contributed by atoms with Crippen molar-refractivity contribution in [3.8, 4) is 5.75 Å². The predicted octanol–water partition coefficient (Wildman–Crippen LogP) is 4.60. The summed E-state index contributed by atoms with van der Waals surface area (Å²) in [4.78, 5) is 27.5. The summed E-state index contributed by atoms with van der Waals surface area (Å²) in [7, 11) is 0. The van der Waals surface area contributed by atoms with Crippen molar-refractivity contribution in [2.24, 2.45) is 0 Å². The summed E-state index contributed by atoms with van der Waals surface area (Å²) in [5.41, 5.74) is 2.62. The summed E-state index contributed by atoms with van der Waals surface area (Å²) in [5, 5.41) is 3.14. The first-order chi connectivity index (χ1) is 14.6. The third-order valence-electron chi connectivity index (χ3n) is 5.69. The van der Waals surface area contributed by atoms with Crippen molar-refractivity contribution in [1.82, 2.24) is 5.32 Å². The van der Waals surface area contributed by atoms with Crippen molar-refractivity contribution < 1.29 is 14.3 Å². The van der Waals surface area contributed by atoms with Gasteiger partial charge < -0.3 is 10.1 Å². The van der Waals surface area contributed by atoms with Crippen LogP contribution in [0.25, 0.3) is 6.08 Å². The first kappa shape index (κ1) is 20.2. The number of hydrogen-bond donors (Lipinski definition) is 1. The number of anilines is 1. The molecule has 0 atom stereocenters. The number of hydrogen-bond acceptors (Lipinski definition) is 3. The van der Waals surface area contributed by atoms with E-state index in [0.29, 0.717) is 11.4 Å². The average molecular weight is 405 g/mol. The third kappa shape index (κ3) is 4.73. The van der Waals surface area contributed by atoms with Crippen LogP contribution in [0.3, 0.4) is 0 Å². The molecule has 1 fully saturated rings. The molecule has 0 radical (unpaired) electrons. The molecule has 0 spiro atoms. The quantitative estimate of drug-likeness (QED) is 0.598. The monoisotopic (exact) mass is 404 g/mol. The molecule has 5 heteroatoms. The van der Waals surface area contributed by atoms with Crippen LogP contribution in [0.15, 0.2) is 54.3 Å².